The normalized spacial score (nSPS) is 9.65. The summed E-state index contributed by atoms with van der Waals surface area (Å²) < 4.78 is 4.71. The van der Waals surface area contributed by atoms with Gasteiger partial charge in [-0.3, -0.25) is 15.0 Å². The highest BCUT2D eigenvalue weighted by Gasteiger charge is 2.14. The molecule has 0 rings (SSSR count). The molecule has 0 aliphatic heterocycles. The van der Waals surface area contributed by atoms with E-state index in [0.717, 1.165) is 0 Å². The molecule has 0 heterocycles. The number of carbonyl (C=O) groups excluding carboxylic acids is 1. The fraction of sp³-hybridized carbons (Fsp3) is 0.667. The van der Waals surface area contributed by atoms with Crippen molar-refractivity contribution in [3.8, 4) is 0 Å². The minimum absolute atomic E-state index is 0.296. The van der Waals surface area contributed by atoms with E-state index in [4.69, 9.17) is 20.8 Å². The Morgan fingerprint density at radius 1 is 1.12 bits per heavy atom. The van der Waals surface area contributed by atoms with E-state index in [-0.39, 0.29) is 12.8 Å². The number of rotatable bonds is 3. The topological polar surface area (TPSA) is 139 Å². The van der Waals surface area contributed by atoms with Crippen molar-refractivity contribution >= 4 is 18.0 Å². The molecule has 0 aliphatic rings. The molecule has 0 aromatic carbocycles. The van der Waals surface area contributed by atoms with Crippen molar-refractivity contribution in [1.82, 2.24) is 5.43 Å². The molecule has 0 unspecified atom stereocenters. The van der Waals surface area contributed by atoms with Gasteiger partial charge in [-0.2, -0.15) is 0 Å². The van der Waals surface area contributed by atoms with Gasteiger partial charge in [-0.05, 0) is 20.8 Å². The Hall–Kier alpha value is -1.83. The first-order chi connectivity index (χ1) is 7.58. The van der Waals surface area contributed by atoms with Gasteiger partial charge in [0.25, 0.3) is 0 Å². The standard InChI is InChI=1S/C5H12N2O2.C4H6O4/c1-5(2,3)9-4(8)7-6;5-3(6)1-2-4(7)8/h6H2,1-3H3,(H,7,8);1-2H2,(H,5,6)(H,7,8). The highest BCUT2D eigenvalue weighted by Crippen LogP contribution is 2.05. The van der Waals surface area contributed by atoms with Crippen molar-refractivity contribution in [3.05, 3.63) is 0 Å². The predicted molar refractivity (Wildman–Crippen MR) is 58.1 cm³/mol. The van der Waals surface area contributed by atoms with Crippen LogP contribution >= 0.6 is 0 Å². The number of ether oxygens (including phenoxy) is 1. The molecule has 0 aliphatic carbocycles. The molecule has 0 aromatic rings. The Kier molecular flexibility index (Phi) is 8.61. The van der Waals surface area contributed by atoms with Crippen molar-refractivity contribution in [2.45, 2.75) is 39.2 Å². The minimum Gasteiger partial charge on any atom is -0.481 e. The number of amides is 1. The second kappa shape index (κ2) is 8.34. The molecule has 100 valence electrons. The molecule has 5 N–H and O–H groups in total. The zero-order chi connectivity index (χ0) is 14.1. The maximum atomic E-state index is 10.4. The van der Waals surface area contributed by atoms with Gasteiger partial charge in [0.05, 0.1) is 12.8 Å². The summed E-state index contributed by atoms with van der Waals surface area (Å²) in [5.74, 6) is 2.60. The lowest BCUT2D eigenvalue weighted by Gasteiger charge is -2.18. The first kappa shape index (κ1) is 17.6. The van der Waals surface area contributed by atoms with Crippen molar-refractivity contribution in [3.63, 3.8) is 0 Å². The smallest absolute Gasteiger partial charge is 0.421 e. The van der Waals surface area contributed by atoms with Crippen LogP contribution in [0.4, 0.5) is 4.79 Å². The van der Waals surface area contributed by atoms with Crippen molar-refractivity contribution in [2.24, 2.45) is 5.84 Å². The average Bonchev–Trinajstić information content (AvgIpc) is 2.13. The maximum Gasteiger partial charge on any atom is 0.421 e. The summed E-state index contributed by atoms with van der Waals surface area (Å²) in [7, 11) is 0. The fourth-order valence-electron chi connectivity index (χ4n) is 0.521. The van der Waals surface area contributed by atoms with Gasteiger partial charge < -0.3 is 14.9 Å². The van der Waals surface area contributed by atoms with Crippen LogP contribution in [0.2, 0.25) is 0 Å². The van der Waals surface area contributed by atoms with Crippen LogP contribution in [0.3, 0.4) is 0 Å². The number of hydrogen-bond acceptors (Lipinski definition) is 5. The third-order valence-corrected chi connectivity index (χ3v) is 1.07. The Morgan fingerprint density at radius 2 is 1.47 bits per heavy atom. The van der Waals surface area contributed by atoms with E-state index >= 15 is 0 Å². The zero-order valence-corrected chi connectivity index (χ0v) is 10.0. The Labute approximate surface area is 98.7 Å². The molecule has 0 saturated heterocycles. The van der Waals surface area contributed by atoms with E-state index in [1.165, 1.54) is 0 Å². The quantitative estimate of drug-likeness (QED) is 0.321. The van der Waals surface area contributed by atoms with Gasteiger partial charge in [-0.15, -0.1) is 0 Å². The van der Waals surface area contributed by atoms with E-state index < -0.39 is 23.6 Å². The van der Waals surface area contributed by atoms with E-state index in [1.807, 2.05) is 5.43 Å². The molecule has 8 nitrogen and oxygen atoms in total. The van der Waals surface area contributed by atoms with Crippen LogP contribution in [0.15, 0.2) is 0 Å². The van der Waals surface area contributed by atoms with Crippen molar-refractivity contribution in [2.75, 3.05) is 0 Å². The van der Waals surface area contributed by atoms with E-state index in [0.29, 0.717) is 0 Å². The van der Waals surface area contributed by atoms with E-state index in [9.17, 15) is 14.4 Å². The number of hydrazine groups is 1. The SMILES string of the molecule is CC(C)(C)OC(=O)NN.O=C(O)CCC(=O)O. The minimum atomic E-state index is -1.08. The molecule has 0 bridgehead atoms. The lowest BCUT2D eigenvalue weighted by atomic mass is 10.2. The van der Waals surface area contributed by atoms with Gasteiger partial charge in [-0.25, -0.2) is 10.6 Å². The molecule has 0 saturated carbocycles. The highest BCUT2D eigenvalue weighted by atomic mass is 16.6. The van der Waals surface area contributed by atoms with Gasteiger partial charge in [0.2, 0.25) is 0 Å². The largest absolute Gasteiger partial charge is 0.481 e. The maximum absolute atomic E-state index is 10.4. The summed E-state index contributed by atoms with van der Waals surface area (Å²) in [5, 5.41) is 15.8. The zero-order valence-electron chi connectivity index (χ0n) is 10.0. The Bertz CT molecular complexity index is 257. The van der Waals surface area contributed by atoms with Crippen LogP contribution in [0.25, 0.3) is 0 Å². The number of aliphatic carboxylic acids is 2. The third-order valence-electron chi connectivity index (χ3n) is 1.07. The van der Waals surface area contributed by atoms with Gasteiger partial charge in [-0.1, -0.05) is 0 Å². The molecule has 0 fully saturated rings. The van der Waals surface area contributed by atoms with Crippen LogP contribution in [-0.4, -0.2) is 33.8 Å². The molecule has 0 atom stereocenters. The summed E-state index contributed by atoms with van der Waals surface area (Å²) in [5.41, 5.74) is 1.39. The summed E-state index contributed by atoms with van der Waals surface area (Å²) in [4.78, 5) is 29.6. The lowest BCUT2D eigenvalue weighted by molar-refractivity contribution is -0.143. The molecule has 8 heteroatoms. The number of hydrogen-bond donors (Lipinski definition) is 4. The molecular weight excluding hydrogens is 232 g/mol. The predicted octanol–water partition coefficient (Wildman–Crippen LogP) is 0.321. The van der Waals surface area contributed by atoms with Gasteiger partial charge >= 0.3 is 18.0 Å². The molecule has 0 aromatic heterocycles. The van der Waals surface area contributed by atoms with Gasteiger partial charge in [0.15, 0.2) is 0 Å². The average molecular weight is 250 g/mol. The van der Waals surface area contributed by atoms with Gasteiger partial charge in [0.1, 0.15) is 5.60 Å². The van der Waals surface area contributed by atoms with Crippen molar-refractivity contribution in [1.29, 1.82) is 0 Å². The summed E-state index contributed by atoms with van der Waals surface area (Å²) in [6, 6.07) is 0. The van der Waals surface area contributed by atoms with Crippen LogP contribution in [0.1, 0.15) is 33.6 Å². The molecule has 1 amide bonds. The number of carbonyl (C=O) groups is 3. The number of carboxylic acids is 2. The monoisotopic (exact) mass is 250 g/mol. The second-order valence-corrected chi connectivity index (χ2v) is 3.93. The molecular formula is C9H18N2O6. The summed E-state index contributed by atoms with van der Waals surface area (Å²) in [6.45, 7) is 5.30. The first-order valence-corrected chi connectivity index (χ1v) is 4.71. The van der Waals surface area contributed by atoms with Crippen LogP contribution in [-0.2, 0) is 14.3 Å². The molecule has 0 radical (unpaired) electrons. The molecule has 0 spiro atoms. The first-order valence-electron chi connectivity index (χ1n) is 4.71. The second-order valence-electron chi connectivity index (χ2n) is 3.93. The fourth-order valence-corrected chi connectivity index (χ4v) is 0.521. The highest BCUT2D eigenvalue weighted by molar-refractivity contribution is 5.75. The number of carboxylic acid groups (broad SMARTS) is 2. The van der Waals surface area contributed by atoms with Crippen LogP contribution in [0, 0.1) is 0 Å². The summed E-state index contributed by atoms with van der Waals surface area (Å²) >= 11 is 0. The van der Waals surface area contributed by atoms with Crippen LogP contribution < -0.4 is 11.3 Å². The number of nitrogens with one attached hydrogen (secondary N) is 1. The number of nitrogens with two attached hydrogens (primary N) is 1. The Morgan fingerprint density at radius 3 is 1.59 bits per heavy atom. The Balaban J connectivity index is 0. The molecule has 17 heavy (non-hydrogen) atoms. The summed E-state index contributed by atoms with van der Waals surface area (Å²) in [6.07, 6.45) is -1.20. The van der Waals surface area contributed by atoms with Crippen molar-refractivity contribution < 1.29 is 29.3 Å². The third kappa shape index (κ3) is 20.3. The van der Waals surface area contributed by atoms with Gasteiger partial charge in [0, 0.05) is 0 Å². The lowest BCUT2D eigenvalue weighted by Crippen LogP contribution is -2.36. The van der Waals surface area contributed by atoms with E-state index in [2.05, 4.69) is 0 Å². The van der Waals surface area contributed by atoms with E-state index in [1.54, 1.807) is 20.8 Å². The van der Waals surface area contributed by atoms with Crippen LogP contribution in [0.5, 0.6) is 0 Å².